The van der Waals surface area contributed by atoms with Crippen LogP contribution in [0.4, 0.5) is 0 Å². The van der Waals surface area contributed by atoms with Gasteiger partial charge in [-0.1, -0.05) is 22.6 Å². The molecule has 3 heteroatoms. The van der Waals surface area contributed by atoms with Crippen molar-refractivity contribution in [1.82, 2.24) is 0 Å². The standard InChI is InChI=1S/C11H15IO2/c12-9-8-2-6-1-7(3-8)5-11(9,4-6)10(13)14/h6-9H,1-5H2,(H,13,14)/t6-,7-,8?,9+,11?/m1/s1. The van der Waals surface area contributed by atoms with Gasteiger partial charge in [-0.3, -0.25) is 4.79 Å². The van der Waals surface area contributed by atoms with Crippen LogP contribution < -0.4 is 0 Å². The molecule has 0 aromatic heterocycles. The Kier molecular flexibility index (Phi) is 1.93. The highest BCUT2D eigenvalue weighted by Crippen LogP contribution is 2.62. The molecule has 1 N–H and O–H groups in total. The first-order valence-electron chi connectivity index (χ1n) is 5.49. The van der Waals surface area contributed by atoms with E-state index < -0.39 is 5.97 Å². The van der Waals surface area contributed by atoms with Crippen molar-refractivity contribution in [3.63, 3.8) is 0 Å². The van der Waals surface area contributed by atoms with Crippen LogP contribution in [-0.4, -0.2) is 15.0 Å². The lowest BCUT2D eigenvalue weighted by atomic mass is 9.49. The van der Waals surface area contributed by atoms with E-state index >= 15 is 0 Å². The zero-order valence-electron chi connectivity index (χ0n) is 8.08. The maximum absolute atomic E-state index is 11.5. The minimum absolute atomic E-state index is 0.338. The van der Waals surface area contributed by atoms with E-state index in [9.17, 15) is 9.90 Å². The fraction of sp³-hybridized carbons (Fsp3) is 0.909. The molecule has 0 radical (unpaired) electrons. The highest BCUT2D eigenvalue weighted by molar-refractivity contribution is 14.1. The second-order valence-corrected chi connectivity index (χ2v) is 6.81. The summed E-state index contributed by atoms with van der Waals surface area (Å²) in [5.74, 6) is 1.65. The second-order valence-electron chi connectivity index (χ2n) is 5.47. The normalized spacial score (nSPS) is 54.9. The third-order valence-electron chi connectivity index (χ3n) is 4.61. The van der Waals surface area contributed by atoms with Gasteiger partial charge in [0, 0.05) is 3.92 Å². The van der Waals surface area contributed by atoms with Gasteiger partial charge in [0.1, 0.15) is 0 Å². The van der Waals surface area contributed by atoms with E-state index in [1.165, 1.54) is 19.3 Å². The number of aliphatic carboxylic acids is 1. The summed E-state index contributed by atoms with van der Waals surface area (Å²) in [6.45, 7) is 0. The van der Waals surface area contributed by atoms with Crippen molar-refractivity contribution in [2.45, 2.75) is 36.0 Å². The molecule has 4 aliphatic rings. The summed E-state index contributed by atoms with van der Waals surface area (Å²) in [6, 6.07) is 0. The SMILES string of the molecule is O=C(O)C12C[C@H]3CC(C[C@@H](C3)C1)[C@@H]2I. The number of carboxylic acid groups (broad SMARTS) is 1. The van der Waals surface area contributed by atoms with Gasteiger partial charge in [0.15, 0.2) is 0 Å². The Labute approximate surface area is 97.6 Å². The Morgan fingerprint density at radius 3 is 2.29 bits per heavy atom. The molecule has 78 valence electrons. The molecule has 2 nitrogen and oxygen atoms in total. The zero-order valence-corrected chi connectivity index (χ0v) is 10.2. The first-order chi connectivity index (χ1) is 6.62. The van der Waals surface area contributed by atoms with Gasteiger partial charge in [0.2, 0.25) is 0 Å². The smallest absolute Gasteiger partial charge is 0.310 e. The summed E-state index contributed by atoms with van der Waals surface area (Å²) >= 11 is 2.41. The summed E-state index contributed by atoms with van der Waals surface area (Å²) in [7, 11) is 0. The Hall–Kier alpha value is 0.200. The van der Waals surface area contributed by atoms with Gasteiger partial charge in [0.25, 0.3) is 0 Å². The molecule has 0 saturated heterocycles. The van der Waals surface area contributed by atoms with Crippen molar-refractivity contribution in [2.24, 2.45) is 23.2 Å². The molecule has 14 heavy (non-hydrogen) atoms. The number of hydrogen-bond donors (Lipinski definition) is 1. The van der Waals surface area contributed by atoms with Crippen molar-refractivity contribution >= 4 is 28.6 Å². The van der Waals surface area contributed by atoms with E-state index in [0.717, 1.165) is 24.7 Å². The van der Waals surface area contributed by atoms with Gasteiger partial charge in [-0.15, -0.1) is 0 Å². The second kappa shape index (κ2) is 2.86. The monoisotopic (exact) mass is 306 g/mol. The minimum Gasteiger partial charge on any atom is -0.481 e. The number of carbonyl (C=O) groups is 1. The molecule has 0 heterocycles. The summed E-state index contributed by atoms with van der Waals surface area (Å²) in [6.07, 6.45) is 5.85. The lowest BCUT2D eigenvalue weighted by Crippen LogP contribution is -2.57. The molecule has 0 unspecified atom stereocenters. The molecule has 4 aliphatic carbocycles. The largest absolute Gasteiger partial charge is 0.481 e. The molecule has 4 fully saturated rings. The van der Waals surface area contributed by atoms with Crippen LogP contribution in [0.5, 0.6) is 0 Å². The number of alkyl halides is 1. The van der Waals surface area contributed by atoms with Gasteiger partial charge in [-0.2, -0.15) is 0 Å². The Morgan fingerprint density at radius 2 is 1.79 bits per heavy atom. The third-order valence-corrected chi connectivity index (χ3v) is 6.82. The number of halogens is 1. The molecule has 4 bridgehead atoms. The van der Waals surface area contributed by atoms with E-state index in [-0.39, 0.29) is 5.41 Å². The van der Waals surface area contributed by atoms with Gasteiger partial charge in [0.05, 0.1) is 5.41 Å². The summed E-state index contributed by atoms with van der Waals surface area (Å²) in [4.78, 5) is 11.5. The maximum atomic E-state index is 11.5. The fourth-order valence-corrected chi connectivity index (χ4v) is 5.63. The van der Waals surface area contributed by atoms with Gasteiger partial charge in [-0.25, -0.2) is 0 Å². The number of carboxylic acids is 1. The average Bonchev–Trinajstić information content (AvgIpc) is 2.12. The van der Waals surface area contributed by atoms with Crippen LogP contribution in [-0.2, 0) is 4.79 Å². The van der Waals surface area contributed by atoms with Crippen molar-refractivity contribution in [3.8, 4) is 0 Å². The molecule has 0 spiro atoms. The summed E-state index contributed by atoms with van der Waals surface area (Å²) < 4.78 is 0.394. The van der Waals surface area contributed by atoms with Crippen LogP contribution in [0.3, 0.4) is 0 Å². The van der Waals surface area contributed by atoms with Crippen LogP contribution in [0, 0.1) is 23.2 Å². The molecule has 0 aromatic carbocycles. The molecule has 3 atom stereocenters. The Bertz CT molecular complexity index is 275. The number of hydrogen-bond acceptors (Lipinski definition) is 1. The molecule has 0 amide bonds. The van der Waals surface area contributed by atoms with Gasteiger partial charge < -0.3 is 5.11 Å². The van der Waals surface area contributed by atoms with Crippen LogP contribution in [0.1, 0.15) is 32.1 Å². The topological polar surface area (TPSA) is 37.3 Å². The first-order valence-corrected chi connectivity index (χ1v) is 6.74. The summed E-state index contributed by atoms with van der Waals surface area (Å²) in [5.41, 5.74) is -0.338. The highest BCUT2D eigenvalue weighted by Gasteiger charge is 2.59. The molecule has 4 saturated carbocycles. The highest BCUT2D eigenvalue weighted by atomic mass is 127. The van der Waals surface area contributed by atoms with Crippen molar-refractivity contribution < 1.29 is 9.90 Å². The van der Waals surface area contributed by atoms with Crippen LogP contribution in [0.25, 0.3) is 0 Å². The quantitative estimate of drug-likeness (QED) is 0.597. The summed E-state index contributed by atoms with van der Waals surface area (Å²) in [5, 5.41) is 9.44. The van der Waals surface area contributed by atoms with Crippen molar-refractivity contribution in [2.75, 3.05) is 0 Å². The lowest BCUT2D eigenvalue weighted by molar-refractivity contribution is -0.162. The predicted octanol–water partition coefficient (Wildman–Crippen LogP) is 2.70. The number of rotatable bonds is 1. The van der Waals surface area contributed by atoms with Crippen LogP contribution >= 0.6 is 22.6 Å². The van der Waals surface area contributed by atoms with E-state index in [1.807, 2.05) is 0 Å². The Balaban J connectivity index is 2.01. The van der Waals surface area contributed by atoms with Crippen LogP contribution in [0.15, 0.2) is 0 Å². The maximum Gasteiger partial charge on any atom is 0.310 e. The zero-order chi connectivity index (χ0) is 9.92. The molecule has 4 rings (SSSR count). The van der Waals surface area contributed by atoms with E-state index in [4.69, 9.17) is 0 Å². The van der Waals surface area contributed by atoms with E-state index in [1.54, 1.807) is 0 Å². The lowest BCUT2D eigenvalue weighted by Gasteiger charge is -2.57. The van der Waals surface area contributed by atoms with Crippen LogP contribution in [0.2, 0.25) is 0 Å². The molecule has 0 aliphatic heterocycles. The Morgan fingerprint density at radius 1 is 1.21 bits per heavy atom. The first kappa shape index (κ1) is 9.43. The fourth-order valence-electron chi connectivity index (χ4n) is 4.27. The third kappa shape index (κ3) is 1.05. The van der Waals surface area contributed by atoms with E-state index in [2.05, 4.69) is 22.6 Å². The molecular formula is C11H15IO2. The predicted molar refractivity (Wildman–Crippen MR) is 61.4 cm³/mol. The average molecular weight is 306 g/mol. The minimum atomic E-state index is -0.518. The van der Waals surface area contributed by atoms with Crippen molar-refractivity contribution in [1.29, 1.82) is 0 Å². The van der Waals surface area contributed by atoms with E-state index in [0.29, 0.717) is 9.84 Å². The van der Waals surface area contributed by atoms with Gasteiger partial charge in [-0.05, 0) is 49.9 Å². The molecular weight excluding hydrogens is 291 g/mol. The molecule has 0 aromatic rings. The van der Waals surface area contributed by atoms with Gasteiger partial charge >= 0.3 is 5.97 Å². The van der Waals surface area contributed by atoms with Crippen molar-refractivity contribution in [3.05, 3.63) is 0 Å².